The van der Waals surface area contributed by atoms with Gasteiger partial charge in [0.2, 0.25) is 10.0 Å². The van der Waals surface area contributed by atoms with Gasteiger partial charge in [-0.15, -0.1) is 5.10 Å². The second-order valence-corrected chi connectivity index (χ2v) is 8.01. The van der Waals surface area contributed by atoms with Crippen molar-refractivity contribution >= 4 is 10.0 Å². The van der Waals surface area contributed by atoms with Crippen LogP contribution in [0.5, 0.6) is 11.8 Å². The summed E-state index contributed by atoms with van der Waals surface area (Å²) >= 11 is 0. The number of aryl methyl sites for hydroxylation is 1. The van der Waals surface area contributed by atoms with Crippen molar-refractivity contribution in [3.05, 3.63) is 65.7 Å². The summed E-state index contributed by atoms with van der Waals surface area (Å²) in [5.74, 6) is 0.447. The molecular formula is C19H21FN4O3S. The van der Waals surface area contributed by atoms with E-state index in [4.69, 9.17) is 4.74 Å². The predicted octanol–water partition coefficient (Wildman–Crippen LogP) is 3.58. The molecule has 1 atom stereocenters. The molecule has 0 amide bonds. The number of nitrogens with one attached hydrogen (secondary N) is 1. The molecule has 148 valence electrons. The van der Waals surface area contributed by atoms with Gasteiger partial charge in [0, 0.05) is 6.54 Å². The first kappa shape index (κ1) is 20.0. The largest absolute Gasteiger partial charge is 0.424 e. The summed E-state index contributed by atoms with van der Waals surface area (Å²) < 4.78 is 48.2. The summed E-state index contributed by atoms with van der Waals surface area (Å²) in [5, 5.41) is 8.08. The highest BCUT2D eigenvalue weighted by Gasteiger charge is 2.24. The SMILES string of the molecule is CCn1c(Oc2ccc(F)cc2)nnc1[C@@H](C)NS(=O)(=O)c1ccc(C)cc1. The summed E-state index contributed by atoms with van der Waals surface area (Å²) in [4.78, 5) is 0.176. The third-order valence-corrected chi connectivity index (χ3v) is 5.69. The number of halogens is 1. The van der Waals surface area contributed by atoms with Crippen molar-refractivity contribution in [1.82, 2.24) is 19.5 Å². The van der Waals surface area contributed by atoms with Gasteiger partial charge in [-0.2, -0.15) is 0 Å². The van der Waals surface area contributed by atoms with Gasteiger partial charge in [-0.25, -0.2) is 17.5 Å². The van der Waals surface area contributed by atoms with Crippen LogP contribution in [0.1, 0.15) is 31.3 Å². The van der Waals surface area contributed by atoms with Crippen molar-refractivity contribution in [2.45, 2.75) is 38.3 Å². The van der Waals surface area contributed by atoms with E-state index in [0.29, 0.717) is 18.1 Å². The Balaban J connectivity index is 1.81. The maximum absolute atomic E-state index is 13.0. The van der Waals surface area contributed by atoms with Crippen molar-refractivity contribution in [2.24, 2.45) is 0 Å². The van der Waals surface area contributed by atoms with Gasteiger partial charge in [0.05, 0.1) is 10.9 Å². The summed E-state index contributed by atoms with van der Waals surface area (Å²) in [6, 6.07) is 11.7. The summed E-state index contributed by atoms with van der Waals surface area (Å²) in [7, 11) is -3.72. The number of benzene rings is 2. The van der Waals surface area contributed by atoms with E-state index in [1.54, 1.807) is 35.8 Å². The second-order valence-electron chi connectivity index (χ2n) is 6.30. The Morgan fingerprint density at radius 2 is 1.75 bits per heavy atom. The van der Waals surface area contributed by atoms with Gasteiger partial charge < -0.3 is 4.74 Å². The van der Waals surface area contributed by atoms with Gasteiger partial charge >= 0.3 is 6.01 Å². The summed E-state index contributed by atoms with van der Waals surface area (Å²) in [5.41, 5.74) is 0.973. The quantitative estimate of drug-likeness (QED) is 0.651. The van der Waals surface area contributed by atoms with E-state index in [-0.39, 0.29) is 16.7 Å². The zero-order valence-electron chi connectivity index (χ0n) is 15.8. The molecule has 0 aliphatic carbocycles. The molecule has 1 heterocycles. The highest BCUT2D eigenvalue weighted by atomic mass is 32.2. The monoisotopic (exact) mass is 404 g/mol. The Hall–Kier alpha value is -2.78. The fourth-order valence-corrected chi connectivity index (χ4v) is 3.87. The molecule has 3 rings (SSSR count). The van der Waals surface area contributed by atoms with Gasteiger partial charge in [-0.1, -0.05) is 22.8 Å². The van der Waals surface area contributed by atoms with Gasteiger partial charge in [0.25, 0.3) is 0 Å². The zero-order chi connectivity index (χ0) is 20.3. The number of ether oxygens (including phenoxy) is 1. The fourth-order valence-electron chi connectivity index (χ4n) is 2.67. The van der Waals surface area contributed by atoms with Crippen LogP contribution >= 0.6 is 0 Å². The van der Waals surface area contributed by atoms with E-state index in [9.17, 15) is 12.8 Å². The Kier molecular flexibility index (Phi) is 5.76. The van der Waals surface area contributed by atoms with E-state index in [1.165, 1.54) is 24.3 Å². The van der Waals surface area contributed by atoms with Crippen molar-refractivity contribution < 1.29 is 17.5 Å². The molecule has 0 spiro atoms. The molecule has 0 bridgehead atoms. The van der Waals surface area contributed by atoms with Crippen molar-refractivity contribution in [3.8, 4) is 11.8 Å². The molecule has 7 nitrogen and oxygen atoms in total. The van der Waals surface area contributed by atoms with Crippen molar-refractivity contribution in [1.29, 1.82) is 0 Å². The molecular weight excluding hydrogens is 383 g/mol. The molecule has 1 N–H and O–H groups in total. The fraction of sp³-hybridized carbons (Fsp3) is 0.263. The van der Waals surface area contributed by atoms with E-state index in [0.717, 1.165) is 5.56 Å². The lowest BCUT2D eigenvalue weighted by Crippen LogP contribution is -2.29. The van der Waals surface area contributed by atoms with Crippen LogP contribution < -0.4 is 9.46 Å². The van der Waals surface area contributed by atoms with Gasteiger partial charge in [-0.05, 0) is 57.2 Å². The lowest BCUT2D eigenvalue weighted by molar-refractivity contribution is 0.407. The maximum atomic E-state index is 13.0. The molecule has 0 aliphatic heterocycles. The maximum Gasteiger partial charge on any atom is 0.322 e. The second kappa shape index (κ2) is 8.07. The van der Waals surface area contributed by atoms with Crippen molar-refractivity contribution in [3.63, 3.8) is 0 Å². The Bertz CT molecular complexity index is 1050. The van der Waals surface area contributed by atoms with E-state index in [2.05, 4.69) is 14.9 Å². The summed E-state index contributed by atoms with van der Waals surface area (Å²) in [6.07, 6.45) is 0. The molecule has 3 aromatic rings. The number of hydrogen-bond donors (Lipinski definition) is 1. The van der Waals surface area contributed by atoms with Crippen molar-refractivity contribution in [2.75, 3.05) is 0 Å². The van der Waals surface area contributed by atoms with E-state index >= 15 is 0 Å². The third kappa shape index (κ3) is 4.37. The molecule has 28 heavy (non-hydrogen) atoms. The number of nitrogens with zero attached hydrogens (tertiary/aromatic N) is 3. The van der Waals surface area contributed by atoms with E-state index in [1.807, 2.05) is 13.8 Å². The molecule has 0 saturated carbocycles. The number of rotatable bonds is 7. The zero-order valence-corrected chi connectivity index (χ0v) is 16.6. The average Bonchev–Trinajstić information content (AvgIpc) is 3.06. The molecule has 2 aromatic carbocycles. The number of sulfonamides is 1. The normalized spacial score (nSPS) is 12.7. The minimum Gasteiger partial charge on any atom is -0.424 e. The van der Waals surface area contributed by atoms with Gasteiger partial charge in [0.15, 0.2) is 5.82 Å². The van der Waals surface area contributed by atoms with Crippen LogP contribution in [0.4, 0.5) is 4.39 Å². The van der Waals surface area contributed by atoms with Crippen LogP contribution in [-0.4, -0.2) is 23.2 Å². The van der Waals surface area contributed by atoms with Crippen LogP contribution in [0, 0.1) is 12.7 Å². The van der Waals surface area contributed by atoms with E-state index < -0.39 is 16.1 Å². The smallest absolute Gasteiger partial charge is 0.322 e. The van der Waals surface area contributed by atoms with Crippen LogP contribution in [0.25, 0.3) is 0 Å². The molecule has 0 aliphatic rings. The van der Waals surface area contributed by atoms with Gasteiger partial charge in [-0.3, -0.25) is 4.57 Å². The molecule has 0 radical (unpaired) electrons. The molecule has 0 fully saturated rings. The number of hydrogen-bond acceptors (Lipinski definition) is 5. The molecule has 0 saturated heterocycles. The minimum atomic E-state index is -3.72. The minimum absolute atomic E-state index is 0.176. The average molecular weight is 404 g/mol. The third-order valence-electron chi connectivity index (χ3n) is 4.13. The standard InChI is InChI=1S/C19H21FN4O3S/c1-4-24-18(21-22-19(24)27-16-9-7-15(20)8-10-16)14(3)23-28(25,26)17-11-5-13(2)6-12-17/h5-12,14,23H,4H2,1-3H3/t14-/m1/s1. The Morgan fingerprint density at radius 1 is 1.11 bits per heavy atom. The first-order valence-corrected chi connectivity index (χ1v) is 10.2. The first-order chi connectivity index (χ1) is 13.3. The van der Waals surface area contributed by atoms with Crippen LogP contribution in [0.2, 0.25) is 0 Å². The lowest BCUT2D eigenvalue weighted by Gasteiger charge is -2.15. The topological polar surface area (TPSA) is 86.1 Å². The molecule has 9 heteroatoms. The van der Waals surface area contributed by atoms with Crippen LogP contribution in [-0.2, 0) is 16.6 Å². The number of aromatic nitrogens is 3. The van der Waals surface area contributed by atoms with Crippen LogP contribution in [0.3, 0.4) is 0 Å². The summed E-state index contributed by atoms with van der Waals surface area (Å²) in [6.45, 7) is 5.91. The lowest BCUT2D eigenvalue weighted by atomic mass is 10.2. The highest BCUT2D eigenvalue weighted by molar-refractivity contribution is 7.89. The molecule has 1 aromatic heterocycles. The Morgan fingerprint density at radius 3 is 2.36 bits per heavy atom. The highest BCUT2D eigenvalue weighted by Crippen LogP contribution is 2.24. The predicted molar refractivity (Wildman–Crippen MR) is 102 cm³/mol. The van der Waals surface area contributed by atoms with Crippen LogP contribution in [0.15, 0.2) is 53.4 Å². The Labute approximate surface area is 163 Å². The first-order valence-electron chi connectivity index (χ1n) is 8.75. The molecule has 0 unspecified atom stereocenters. The van der Waals surface area contributed by atoms with Gasteiger partial charge in [0.1, 0.15) is 11.6 Å².